The number of anilines is 4. The third-order valence-corrected chi connectivity index (χ3v) is 9.59. The molecular formula is C44H41N6OPt-3. The predicted molar refractivity (Wildman–Crippen MR) is 207 cm³/mol. The second kappa shape index (κ2) is 13.9. The van der Waals surface area contributed by atoms with Crippen molar-refractivity contribution in [1.82, 2.24) is 19.5 Å². The first-order valence-corrected chi connectivity index (χ1v) is 17.6. The number of rotatable bonds is 7. The van der Waals surface area contributed by atoms with Gasteiger partial charge in [0.05, 0.1) is 5.69 Å². The smallest absolute Gasteiger partial charge is 0.135 e. The zero-order chi connectivity index (χ0) is 35.4. The molecule has 7 aromatic rings. The minimum absolute atomic E-state index is 0. The van der Waals surface area contributed by atoms with Gasteiger partial charge in [-0.2, -0.15) is 12.1 Å². The van der Waals surface area contributed by atoms with Crippen molar-refractivity contribution < 1.29 is 25.8 Å². The van der Waals surface area contributed by atoms with E-state index < -0.39 is 0 Å². The van der Waals surface area contributed by atoms with E-state index in [0.29, 0.717) is 23.3 Å². The van der Waals surface area contributed by atoms with Gasteiger partial charge in [0.15, 0.2) is 0 Å². The molecule has 0 radical (unpaired) electrons. The fraction of sp³-hybridized carbons (Fsp3) is 0.227. The van der Waals surface area contributed by atoms with Crippen molar-refractivity contribution in [3.05, 3.63) is 139 Å². The quantitative estimate of drug-likeness (QED) is 0.149. The summed E-state index contributed by atoms with van der Waals surface area (Å²) in [6, 6.07) is 34.1. The van der Waals surface area contributed by atoms with Crippen LogP contribution in [0.3, 0.4) is 0 Å². The molecule has 5 heterocycles. The van der Waals surface area contributed by atoms with Gasteiger partial charge in [-0.25, -0.2) is 9.97 Å². The minimum atomic E-state index is -0.0126. The molecule has 7 nitrogen and oxygen atoms in total. The van der Waals surface area contributed by atoms with Crippen LogP contribution in [0.15, 0.2) is 104 Å². The van der Waals surface area contributed by atoms with Gasteiger partial charge in [-0.05, 0) is 63.6 Å². The predicted octanol–water partition coefficient (Wildman–Crippen LogP) is 11.3. The molecule has 0 unspecified atom stereocenters. The van der Waals surface area contributed by atoms with Gasteiger partial charge in [0.2, 0.25) is 0 Å². The Labute approximate surface area is 320 Å². The summed E-state index contributed by atoms with van der Waals surface area (Å²) in [7, 11) is 0. The monoisotopic (exact) mass is 864 g/mol. The molecule has 0 N–H and O–H groups in total. The van der Waals surface area contributed by atoms with Gasteiger partial charge in [0.1, 0.15) is 11.6 Å². The van der Waals surface area contributed by atoms with E-state index in [9.17, 15) is 0 Å². The first kappa shape index (κ1) is 35.4. The van der Waals surface area contributed by atoms with Crippen LogP contribution in [-0.2, 0) is 26.5 Å². The summed E-state index contributed by atoms with van der Waals surface area (Å²) in [6.07, 6.45) is 7.59. The second-order valence-corrected chi connectivity index (χ2v) is 14.8. The molecule has 0 atom stereocenters. The molecule has 0 amide bonds. The molecule has 1 aliphatic rings. The van der Waals surface area contributed by atoms with E-state index in [1.165, 1.54) is 16.7 Å². The van der Waals surface area contributed by atoms with Gasteiger partial charge in [0.25, 0.3) is 0 Å². The molecule has 8 heteroatoms. The molecule has 1 aliphatic heterocycles. The van der Waals surface area contributed by atoms with Crippen LogP contribution in [0.5, 0.6) is 11.5 Å². The molecule has 52 heavy (non-hydrogen) atoms. The average Bonchev–Trinajstić information content (AvgIpc) is 3.67. The Morgan fingerprint density at radius 2 is 1.54 bits per heavy atom. The van der Waals surface area contributed by atoms with E-state index >= 15 is 0 Å². The SMILES string of the molecule is CC(C)c1cnc(N2[CH-]N(c3[c-]c(Oc4[c-]c5c(cc4)c4ccccc4n5-c4cc(C(C)(C)C)ccn4)ccc3)c3cnccc32)c(C(C)C)c1.[Pt]. The Kier molecular flexibility index (Phi) is 9.43. The summed E-state index contributed by atoms with van der Waals surface area (Å²) in [5.41, 5.74) is 8.39. The number of aromatic nitrogens is 4. The molecule has 0 bridgehead atoms. The Bertz CT molecular complexity index is 2410. The standard InChI is InChI=1S/C44H41N6O.Pt/c1-28(2)30-21-37(29(3)4)43(47-25-30)49-27-48(41-26-45-19-18-39(41)49)32-11-10-12-33(23-32)51-34-15-16-36-35-13-8-9-14-38(35)50(40(36)24-34)42-22-31(17-20-46-42)44(5,6)7;/h8-22,25-29H,1-7H3;/q-3;. The van der Waals surface area contributed by atoms with Crippen molar-refractivity contribution in [2.75, 3.05) is 9.80 Å². The summed E-state index contributed by atoms with van der Waals surface area (Å²) in [6.45, 7) is 17.6. The Balaban J connectivity index is 0.00000420. The van der Waals surface area contributed by atoms with E-state index in [0.717, 1.165) is 50.5 Å². The van der Waals surface area contributed by atoms with Crippen molar-refractivity contribution >= 4 is 44.7 Å². The molecular weight excluding hydrogens is 824 g/mol. The molecule has 0 aliphatic carbocycles. The largest absolute Gasteiger partial charge is 0.509 e. The maximum Gasteiger partial charge on any atom is 0.135 e. The maximum absolute atomic E-state index is 6.51. The Morgan fingerprint density at radius 3 is 2.33 bits per heavy atom. The summed E-state index contributed by atoms with van der Waals surface area (Å²) in [5, 5.41) is 2.23. The van der Waals surface area contributed by atoms with Crippen molar-refractivity contribution in [3.63, 3.8) is 0 Å². The van der Waals surface area contributed by atoms with Gasteiger partial charge in [-0.1, -0.05) is 78.2 Å². The third kappa shape index (κ3) is 6.36. The number of ether oxygens (including phenoxy) is 1. The maximum atomic E-state index is 6.51. The van der Waals surface area contributed by atoms with Crippen molar-refractivity contribution in [2.45, 2.75) is 65.7 Å². The number of hydrogen-bond donors (Lipinski definition) is 0. The van der Waals surface area contributed by atoms with Crippen LogP contribution in [0.4, 0.5) is 22.9 Å². The molecule has 4 aromatic heterocycles. The van der Waals surface area contributed by atoms with Crippen molar-refractivity contribution in [1.29, 1.82) is 0 Å². The van der Waals surface area contributed by atoms with E-state index in [2.05, 4.69) is 135 Å². The van der Waals surface area contributed by atoms with Crippen LogP contribution in [0.25, 0.3) is 27.6 Å². The minimum Gasteiger partial charge on any atom is -0.509 e. The molecule has 266 valence electrons. The van der Waals surface area contributed by atoms with Gasteiger partial charge >= 0.3 is 0 Å². The molecule has 0 spiro atoms. The molecule has 0 saturated carbocycles. The first-order valence-electron chi connectivity index (χ1n) is 17.6. The van der Waals surface area contributed by atoms with Gasteiger partial charge in [-0.15, -0.1) is 48.1 Å². The molecule has 0 fully saturated rings. The number of fused-ring (bicyclic) bond motifs is 4. The third-order valence-electron chi connectivity index (χ3n) is 9.59. The molecule has 8 rings (SSSR count). The van der Waals surface area contributed by atoms with Crippen LogP contribution in [0.1, 0.15) is 77.0 Å². The normalized spacial score (nSPS) is 12.9. The van der Waals surface area contributed by atoms with Gasteiger partial charge < -0.3 is 19.1 Å². The van der Waals surface area contributed by atoms with E-state index in [1.54, 1.807) is 0 Å². The summed E-state index contributed by atoms with van der Waals surface area (Å²) in [5.74, 6) is 3.64. The van der Waals surface area contributed by atoms with Crippen LogP contribution in [0.2, 0.25) is 0 Å². The summed E-state index contributed by atoms with van der Waals surface area (Å²) in [4.78, 5) is 18.5. The zero-order valence-electron chi connectivity index (χ0n) is 30.5. The summed E-state index contributed by atoms with van der Waals surface area (Å²) < 4.78 is 8.69. The Morgan fingerprint density at radius 1 is 0.731 bits per heavy atom. The number of nitrogens with zero attached hydrogens (tertiary/aromatic N) is 6. The van der Waals surface area contributed by atoms with Crippen LogP contribution in [-0.4, -0.2) is 19.5 Å². The van der Waals surface area contributed by atoms with Gasteiger partial charge in [-0.3, -0.25) is 4.98 Å². The number of hydrogen-bond acceptors (Lipinski definition) is 6. The number of pyridine rings is 3. The number of benzene rings is 3. The molecule has 0 saturated heterocycles. The summed E-state index contributed by atoms with van der Waals surface area (Å²) >= 11 is 0. The van der Waals surface area contributed by atoms with Crippen LogP contribution >= 0.6 is 0 Å². The zero-order valence-corrected chi connectivity index (χ0v) is 32.7. The topological polar surface area (TPSA) is 59.3 Å². The van der Waals surface area contributed by atoms with Crippen molar-refractivity contribution in [2.24, 2.45) is 0 Å². The molecule has 3 aromatic carbocycles. The van der Waals surface area contributed by atoms with Gasteiger partial charge in [0, 0.05) is 68.6 Å². The van der Waals surface area contributed by atoms with Crippen LogP contribution in [0, 0.1) is 18.8 Å². The second-order valence-electron chi connectivity index (χ2n) is 14.8. The van der Waals surface area contributed by atoms with Crippen molar-refractivity contribution in [3.8, 4) is 17.3 Å². The van der Waals surface area contributed by atoms with Crippen LogP contribution < -0.4 is 14.5 Å². The fourth-order valence-electron chi connectivity index (χ4n) is 6.74. The van der Waals surface area contributed by atoms with E-state index in [4.69, 9.17) is 14.7 Å². The Hall–Kier alpha value is -5.00. The van der Waals surface area contributed by atoms with E-state index in [1.807, 2.05) is 55.1 Å². The number of para-hydroxylation sites is 1. The fourth-order valence-corrected chi connectivity index (χ4v) is 6.74. The first-order chi connectivity index (χ1) is 24.6. The van der Waals surface area contributed by atoms with E-state index in [-0.39, 0.29) is 26.5 Å². The average molecular weight is 865 g/mol.